The molecule has 5 aromatic rings. The number of pyridine rings is 1. The Morgan fingerprint density at radius 3 is 2.27 bits per heavy atom. The fraction of sp³-hybridized carbons (Fsp3) is 0.207. The first-order valence-electron chi connectivity index (χ1n) is 12.5. The third kappa shape index (κ3) is 5.20. The van der Waals surface area contributed by atoms with E-state index < -0.39 is 23.6 Å². The molecule has 2 aromatic carbocycles. The standard InChI is InChI=1S/C29H24F4N6O2/c1-15-7-19(16(2)37-23-6-5-18(30)9-22(23)29(31,32)33)20-10-24(39(4)28(41)21(20)8-15)17-11-35-27(36-12-17)25-13-34-14-26(40)38(25)3/h5-14,16,37H,1-4H3/t16-/m1/s1. The molecule has 0 saturated carbocycles. The van der Waals surface area contributed by atoms with E-state index in [1.54, 1.807) is 46.1 Å². The number of anilines is 1. The van der Waals surface area contributed by atoms with Crippen molar-refractivity contribution in [1.29, 1.82) is 0 Å². The molecular formula is C29H24F4N6O2. The monoisotopic (exact) mass is 564 g/mol. The van der Waals surface area contributed by atoms with Gasteiger partial charge in [-0.05, 0) is 60.7 Å². The van der Waals surface area contributed by atoms with Gasteiger partial charge in [-0.2, -0.15) is 13.2 Å². The highest BCUT2D eigenvalue weighted by Gasteiger charge is 2.34. The maximum absolute atomic E-state index is 13.7. The van der Waals surface area contributed by atoms with Crippen molar-refractivity contribution in [3.05, 3.63) is 104 Å². The molecule has 3 heterocycles. The van der Waals surface area contributed by atoms with E-state index in [9.17, 15) is 27.2 Å². The first kappa shape index (κ1) is 27.7. The van der Waals surface area contributed by atoms with Gasteiger partial charge in [-0.1, -0.05) is 6.07 Å². The van der Waals surface area contributed by atoms with Crippen LogP contribution in [0.2, 0.25) is 0 Å². The number of fused-ring (bicyclic) bond motifs is 1. The van der Waals surface area contributed by atoms with Crippen molar-refractivity contribution in [2.75, 3.05) is 5.32 Å². The van der Waals surface area contributed by atoms with Crippen LogP contribution in [-0.4, -0.2) is 24.1 Å². The number of hydrogen-bond donors (Lipinski definition) is 1. The molecule has 0 saturated heterocycles. The summed E-state index contributed by atoms with van der Waals surface area (Å²) in [5.41, 5.74) is 0.689. The lowest BCUT2D eigenvalue weighted by Crippen LogP contribution is -2.20. The maximum atomic E-state index is 13.7. The number of aromatic nitrogens is 5. The largest absolute Gasteiger partial charge is 0.418 e. The number of rotatable bonds is 5. The van der Waals surface area contributed by atoms with Crippen LogP contribution in [-0.2, 0) is 20.3 Å². The molecule has 210 valence electrons. The lowest BCUT2D eigenvalue weighted by atomic mass is 9.96. The van der Waals surface area contributed by atoms with Crippen molar-refractivity contribution in [3.8, 4) is 22.8 Å². The van der Waals surface area contributed by atoms with Gasteiger partial charge in [-0.25, -0.2) is 14.4 Å². The van der Waals surface area contributed by atoms with Gasteiger partial charge in [-0.3, -0.25) is 14.6 Å². The molecule has 0 radical (unpaired) electrons. The van der Waals surface area contributed by atoms with Crippen LogP contribution < -0.4 is 16.4 Å². The minimum Gasteiger partial charge on any atom is -0.378 e. The Labute approximate surface area is 231 Å². The number of hydrogen-bond acceptors (Lipinski definition) is 6. The zero-order valence-corrected chi connectivity index (χ0v) is 22.4. The summed E-state index contributed by atoms with van der Waals surface area (Å²) in [6.45, 7) is 3.46. The smallest absolute Gasteiger partial charge is 0.378 e. The molecule has 5 rings (SSSR count). The second kappa shape index (κ2) is 10.3. The van der Waals surface area contributed by atoms with E-state index in [4.69, 9.17) is 0 Å². The van der Waals surface area contributed by atoms with Gasteiger partial charge in [0.1, 0.15) is 11.5 Å². The number of aryl methyl sites for hydroxylation is 1. The SMILES string of the molecule is Cc1cc([C@@H](C)Nc2ccc(F)cc2C(F)(F)F)c2cc(-c3cnc(-c4cncc(=O)n4C)nc3)n(C)c(=O)c2c1. The third-order valence-corrected chi connectivity index (χ3v) is 6.91. The minimum atomic E-state index is -4.77. The van der Waals surface area contributed by atoms with Gasteiger partial charge in [0, 0.05) is 49.2 Å². The van der Waals surface area contributed by atoms with Crippen molar-refractivity contribution in [2.45, 2.75) is 26.1 Å². The third-order valence-electron chi connectivity index (χ3n) is 6.91. The molecule has 1 N–H and O–H groups in total. The Morgan fingerprint density at radius 1 is 0.878 bits per heavy atom. The topological polar surface area (TPSA) is 94.7 Å². The number of nitrogens with zero attached hydrogens (tertiary/aromatic N) is 5. The predicted octanol–water partition coefficient (Wildman–Crippen LogP) is 5.40. The Hall–Kier alpha value is -4.87. The highest BCUT2D eigenvalue weighted by Crippen LogP contribution is 2.38. The summed E-state index contributed by atoms with van der Waals surface area (Å²) in [7, 11) is 3.18. The molecule has 0 aliphatic heterocycles. The van der Waals surface area contributed by atoms with E-state index in [0.717, 1.165) is 17.7 Å². The van der Waals surface area contributed by atoms with Crippen LogP contribution in [0.4, 0.5) is 23.2 Å². The molecular weight excluding hydrogens is 540 g/mol. The molecule has 12 heteroatoms. The Bertz CT molecular complexity index is 1910. The molecule has 0 unspecified atom stereocenters. The van der Waals surface area contributed by atoms with Gasteiger partial charge in [0.05, 0.1) is 23.7 Å². The molecule has 0 bridgehead atoms. The van der Waals surface area contributed by atoms with E-state index in [1.165, 1.54) is 33.9 Å². The summed E-state index contributed by atoms with van der Waals surface area (Å²) in [5, 5.41) is 3.77. The van der Waals surface area contributed by atoms with Crippen LogP contribution in [0.25, 0.3) is 33.5 Å². The average molecular weight is 565 g/mol. The quantitative estimate of drug-likeness (QED) is 0.288. The molecule has 41 heavy (non-hydrogen) atoms. The van der Waals surface area contributed by atoms with E-state index in [1.807, 2.05) is 0 Å². The van der Waals surface area contributed by atoms with E-state index in [0.29, 0.717) is 39.4 Å². The van der Waals surface area contributed by atoms with Crippen molar-refractivity contribution < 1.29 is 17.6 Å². The zero-order valence-electron chi connectivity index (χ0n) is 22.4. The molecule has 0 spiro atoms. The summed E-state index contributed by atoms with van der Waals surface area (Å²) in [4.78, 5) is 38.1. The fourth-order valence-electron chi connectivity index (χ4n) is 4.77. The van der Waals surface area contributed by atoms with Crippen molar-refractivity contribution in [3.63, 3.8) is 0 Å². The number of benzene rings is 2. The minimum absolute atomic E-state index is 0.265. The highest BCUT2D eigenvalue weighted by molar-refractivity contribution is 5.89. The lowest BCUT2D eigenvalue weighted by Gasteiger charge is -2.22. The predicted molar refractivity (Wildman–Crippen MR) is 147 cm³/mol. The summed E-state index contributed by atoms with van der Waals surface area (Å²) in [5.74, 6) is -0.732. The Balaban J connectivity index is 1.61. The summed E-state index contributed by atoms with van der Waals surface area (Å²) >= 11 is 0. The number of halogens is 4. The second-order valence-electron chi connectivity index (χ2n) is 9.75. The van der Waals surface area contributed by atoms with Gasteiger partial charge in [-0.15, -0.1) is 0 Å². The molecule has 3 aromatic heterocycles. The van der Waals surface area contributed by atoms with Crippen molar-refractivity contribution >= 4 is 16.5 Å². The van der Waals surface area contributed by atoms with Crippen LogP contribution in [0.1, 0.15) is 29.7 Å². The van der Waals surface area contributed by atoms with Crippen molar-refractivity contribution in [2.24, 2.45) is 14.1 Å². The van der Waals surface area contributed by atoms with Crippen LogP contribution in [0.5, 0.6) is 0 Å². The molecule has 0 aliphatic carbocycles. The number of alkyl halides is 3. The Kier molecular flexibility index (Phi) is 6.93. The van der Waals surface area contributed by atoms with Gasteiger partial charge < -0.3 is 14.5 Å². The summed E-state index contributed by atoms with van der Waals surface area (Å²) in [6, 6.07) is 7.05. The average Bonchev–Trinajstić information content (AvgIpc) is 2.92. The lowest BCUT2D eigenvalue weighted by molar-refractivity contribution is -0.137. The molecule has 0 amide bonds. The fourth-order valence-corrected chi connectivity index (χ4v) is 4.77. The molecule has 1 atom stereocenters. The summed E-state index contributed by atoms with van der Waals surface area (Å²) in [6.07, 6.45) is 0.915. The van der Waals surface area contributed by atoms with Crippen LogP contribution in [0.3, 0.4) is 0 Å². The van der Waals surface area contributed by atoms with Gasteiger partial charge >= 0.3 is 6.18 Å². The van der Waals surface area contributed by atoms with Crippen LogP contribution >= 0.6 is 0 Å². The first-order valence-corrected chi connectivity index (χ1v) is 12.5. The highest BCUT2D eigenvalue weighted by atomic mass is 19.4. The zero-order chi connectivity index (χ0) is 29.6. The van der Waals surface area contributed by atoms with Gasteiger partial charge in [0.25, 0.3) is 11.1 Å². The molecule has 0 aliphatic rings. The second-order valence-corrected chi connectivity index (χ2v) is 9.75. The maximum Gasteiger partial charge on any atom is 0.418 e. The molecule has 0 fully saturated rings. The van der Waals surface area contributed by atoms with E-state index >= 15 is 0 Å². The van der Waals surface area contributed by atoms with Crippen LogP contribution in [0, 0.1) is 12.7 Å². The van der Waals surface area contributed by atoms with Gasteiger partial charge in [0.15, 0.2) is 5.82 Å². The summed E-state index contributed by atoms with van der Waals surface area (Å²) < 4.78 is 57.4. The first-order chi connectivity index (χ1) is 19.3. The Morgan fingerprint density at radius 2 is 1.59 bits per heavy atom. The van der Waals surface area contributed by atoms with Crippen molar-refractivity contribution in [1.82, 2.24) is 24.1 Å². The molecule has 8 nitrogen and oxygen atoms in total. The normalized spacial score (nSPS) is 12.5. The van der Waals surface area contributed by atoms with Crippen LogP contribution in [0.15, 0.2) is 70.8 Å². The number of nitrogens with one attached hydrogen (secondary N) is 1. The van der Waals surface area contributed by atoms with E-state index in [-0.39, 0.29) is 22.6 Å². The van der Waals surface area contributed by atoms with E-state index in [2.05, 4.69) is 20.3 Å². The van der Waals surface area contributed by atoms with Gasteiger partial charge in [0.2, 0.25) is 0 Å².